The van der Waals surface area contributed by atoms with E-state index in [1.54, 1.807) is 6.26 Å². The smallest absolute Gasteiger partial charge is 0.0913 e. The average Bonchev–Trinajstić information content (AvgIpc) is 2.34. The van der Waals surface area contributed by atoms with E-state index in [0.717, 1.165) is 31.4 Å². The Morgan fingerprint density at radius 1 is 1.46 bits per heavy atom. The van der Waals surface area contributed by atoms with E-state index in [1.165, 1.54) is 11.1 Å². The van der Waals surface area contributed by atoms with E-state index in [1.807, 2.05) is 6.08 Å². The van der Waals surface area contributed by atoms with Crippen LogP contribution in [0.4, 0.5) is 0 Å². The van der Waals surface area contributed by atoms with Crippen LogP contribution >= 0.6 is 0 Å². The molecule has 0 bridgehead atoms. The molecule has 0 saturated carbocycles. The molecular weight excluding hydrogens is 160 g/mol. The summed E-state index contributed by atoms with van der Waals surface area (Å²) in [5.74, 6) is 0. The van der Waals surface area contributed by atoms with Gasteiger partial charge in [0.15, 0.2) is 0 Å². The van der Waals surface area contributed by atoms with Crippen LogP contribution in [0.2, 0.25) is 0 Å². The quantitative estimate of drug-likeness (QED) is 0.628. The van der Waals surface area contributed by atoms with Gasteiger partial charge in [-0.2, -0.15) is 0 Å². The number of hydrogen-bond acceptors (Lipinski definition) is 1. The van der Waals surface area contributed by atoms with Crippen molar-refractivity contribution >= 4 is 0 Å². The minimum Gasteiger partial charge on any atom is -0.501 e. The van der Waals surface area contributed by atoms with Crippen molar-refractivity contribution < 1.29 is 4.74 Å². The SMILES string of the molecule is C=C1C=COCCC1=C(CC)CC. The second kappa shape index (κ2) is 4.90. The number of ether oxygens (including phenoxy) is 1. The zero-order chi connectivity index (χ0) is 9.68. The average molecular weight is 178 g/mol. The summed E-state index contributed by atoms with van der Waals surface area (Å²) >= 11 is 0. The van der Waals surface area contributed by atoms with Crippen molar-refractivity contribution in [3.63, 3.8) is 0 Å². The molecule has 1 nitrogen and oxygen atoms in total. The summed E-state index contributed by atoms with van der Waals surface area (Å²) < 4.78 is 5.26. The molecule has 0 N–H and O–H groups in total. The zero-order valence-electron chi connectivity index (χ0n) is 8.60. The van der Waals surface area contributed by atoms with Crippen LogP contribution < -0.4 is 0 Å². The Bertz CT molecular complexity index is 240. The summed E-state index contributed by atoms with van der Waals surface area (Å²) in [6, 6.07) is 0. The summed E-state index contributed by atoms with van der Waals surface area (Å²) in [6.07, 6.45) is 6.96. The monoisotopic (exact) mass is 178 g/mol. The Morgan fingerprint density at radius 3 is 2.77 bits per heavy atom. The van der Waals surface area contributed by atoms with Gasteiger partial charge in [0.05, 0.1) is 12.9 Å². The van der Waals surface area contributed by atoms with Crippen molar-refractivity contribution in [2.45, 2.75) is 33.1 Å². The van der Waals surface area contributed by atoms with Crippen LogP contribution in [0.25, 0.3) is 0 Å². The van der Waals surface area contributed by atoms with E-state index in [9.17, 15) is 0 Å². The number of hydrogen-bond donors (Lipinski definition) is 0. The molecule has 0 radical (unpaired) electrons. The summed E-state index contributed by atoms with van der Waals surface area (Å²) in [7, 11) is 0. The molecule has 0 aliphatic carbocycles. The van der Waals surface area contributed by atoms with E-state index in [-0.39, 0.29) is 0 Å². The highest BCUT2D eigenvalue weighted by Gasteiger charge is 2.08. The summed E-state index contributed by atoms with van der Waals surface area (Å²) in [4.78, 5) is 0. The fourth-order valence-electron chi connectivity index (χ4n) is 1.70. The van der Waals surface area contributed by atoms with E-state index in [4.69, 9.17) is 4.74 Å². The lowest BCUT2D eigenvalue weighted by Crippen LogP contribution is -1.95. The molecule has 1 rings (SSSR count). The maximum absolute atomic E-state index is 5.26. The summed E-state index contributed by atoms with van der Waals surface area (Å²) in [6.45, 7) is 9.24. The second-order valence-corrected chi connectivity index (χ2v) is 3.24. The topological polar surface area (TPSA) is 9.23 Å². The van der Waals surface area contributed by atoms with Crippen LogP contribution in [-0.2, 0) is 4.74 Å². The van der Waals surface area contributed by atoms with Crippen molar-refractivity contribution in [2.24, 2.45) is 0 Å². The highest BCUT2D eigenvalue weighted by atomic mass is 16.5. The first-order valence-corrected chi connectivity index (χ1v) is 4.97. The molecule has 1 heterocycles. The minimum absolute atomic E-state index is 0.786. The lowest BCUT2D eigenvalue weighted by atomic mass is 9.95. The van der Waals surface area contributed by atoms with Crippen molar-refractivity contribution in [3.8, 4) is 0 Å². The Hall–Kier alpha value is -0.980. The Balaban J connectivity index is 2.92. The third-order valence-electron chi connectivity index (χ3n) is 2.50. The van der Waals surface area contributed by atoms with Gasteiger partial charge < -0.3 is 4.74 Å². The van der Waals surface area contributed by atoms with Gasteiger partial charge in [0.2, 0.25) is 0 Å². The first-order chi connectivity index (χ1) is 6.29. The third kappa shape index (κ3) is 2.48. The Morgan fingerprint density at radius 2 is 2.15 bits per heavy atom. The fraction of sp³-hybridized carbons (Fsp3) is 0.500. The van der Waals surface area contributed by atoms with E-state index in [2.05, 4.69) is 20.4 Å². The van der Waals surface area contributed by atoms with Gasteiger partial charge in [-0.05, 0) is 30.1 Å². The molecule has 1 aliphatic rings. The molecule has 0 aromatic heterocycles. The standard InChI is InChI=1S/C12H18O/c1-4-11(5-2)12-7-9-13-8-6-10(12)3/h6,8H,3-5,7,9H2,1-2H3. The van der Waals surface area contributed by atoms with E-state index < -0.39 is 0 Å². The van der Waals surface area contributed by atoms with Crippen molar-refractivity contribution in [1.82, 2.24) is 0 Å². The molecule has 72 valence electrons. The maximum atomic E-state index is 5.26. The molecular formula is C12H18O. The van der Waals surface area contributed by atoms with Crippen LogP contribution in [0, 0.1) is 0 Å². The largest absolute Gasteiger partial charge is 0.501 e. The molecule has 13 heavy (non-hydrogen) atoms. The van der Waals surface area contributed by atoms with Crippen LogP contribution in [0.3, 0.4) is 0 Å². The van der Waals surface area contributed by atoms with Crippen LogP contribution in [-0.4, -0.2) is 6.61 Å². The third-order valence-corrected chi connectivity index (χ3v) is 2.50. The molecule has 0 fully saturated rings. The van der Waals surface area contributed by atoms with Crippen LogP contribution in [0.1, 0.15) is 33.1 Å². The molecule has 0 aromatic rings. The normalized spacial score (nSPS) is 16.8. The van der Waals surface area contributed by atoms with Gasteiger partial charge in [-0.25, -0.2) is 0 Å². The number of rotatable bonds is 2. The van der Waals surface area contributed by atoms with Gasteiger partial charge >= 0.3 is 0 Å². The predicted octanol–water partition coefficient (Wildman–Crippen LogP) is 3.59. The zero-order valence-corrected chi connectivity index (χ0v) is 8.60. The van der Waals surface area contributed by atoms with E-state index in [0.29, 0.717) is 0 Å². The lowest BCUT2D eigenvalue weighted by molar-refractivity contribution is 0.257. The van der Waals surface area contributed by atoms with Gasteiger partial charge in [0.25, 0.3) is 0 Å². The molecule has 0 unspecified atom stereocenters. The number of allylic oxidation sites excluding steroid dienone is 3. The van der Waals surface area contributed by atoms with Gasteiger partial charge in [-0.15, -0.1) is 0 Å². The van der Waals surface area contributed by atoms with Crippen LogP contribution in [0.5, 0.6) is 0 Å². The first kappa shape index (κ1) is 10.1. The molecule has 0 aromatic carbocycles. The molecule has 1 aliphatic heterocycles. The Kier molecular flexibility index (Phi) is 3.81. The van der Waals surface area contributed by atoms with Crippen molar-refractivity contribution in [2.75, 3.05) is 6.61 Å². The summed E-state index contributed by atoms with van der Waals surface area (Å²) in [5, 5.41) is 0. The fourth-order valence-corrected chi connectivity index (χ4v) is 1.70. The van der Waals surface area contributed by atoms with Gasteiger partial charge in [-0.1, -0.05) is 26.0 Å². The molecule has 1 heteroatoms. The first-order valence-electron chi connectivity index (χ1n) is 4.97. The molecule has 0 atom stereocenters. The summed E-state index contributed by atoms with van der Waals surface area (Å²) in [5.41, 5.74) is 4.04. The highest BCUT2D eigenvalue weighted by molar-refractivity contribution is 5.41. The van der Waals surface area contributed by atoms with E-state index >= 15 is 0 Å². The van der Waals surface area contributed by atoms with Gasteiger partial charge in [0.1, 0.15) is 0 Å². The van der Waals surface area contributed by atoms with Gasteiger partial charge in [-0.3, -0.25) is 0 Å². The highest BCUT2D eigenvalue weighted by Crippen LogP contribution is 2.24. The lowest BCUT2D eigenvalue weighted by Gasteiger charge is -2.10. The molecule has 0 saturated heterocycles. The Labute approximate surface area is 80.8 Å². The predicted molar refractivity (Wildman–Crippen MR) is 56.5 cm³/mol. The molecule has 0 amide bonds. The maximum Gasteiger partial charge on any atom is 0.0913 e. The van der Waals surface area contributed by atoms with Crippen molar-refractivity contribution in [1.29, 1.82) is 0 Å². The second-order valence-electron chi connectivity index (χ2n) is 3.24. The van der Waals surface area contributed by atoms with Crippen LogP contribution in [0.15, 0.2) is 35.6 Å². The molecule has 0 spiro atoms. The minimum atomic E-state index is 0.786. The van der Waals surface area contributed by atoms with Crippen molar-refractivity contribution in [3.05, 3.63) is 35.6 Å². The van der Waals surface area contributed by atoms with Gasteiger partial charge in [0, 0.05) is 6.42 Å².